The Hall–Kier alpha value is -1.72. The largest absolute Gasteiger partial charge is 0.439 e. The molecule has 1 N–H and O–H groups in total. The topological polar surface area (TPSA) is 41.3 Å². The Morgan fingerprint density at radius 1 is 1.24 bits per heavy atom. The fourth-order valence-electron chi connectivity index (χ4n) is 2.89. The van der Waals surface area contributed by atoms with Crippen molar-refractivity contribution in [2.75, 3.05) is 13.1 Å². The first-order valence-electron chi connectivity index (χ1n) is 7.29. The summed E-state index contributed by atoms with van der Waals surface area (Å²) >= 11 is 0. The van der Waals surface area contributed by atoms with Crippen LogP contribution in [0.1, 0.15) is 19.7 Å². The molecule has 0 bridgehead atoms. The van der Waals surface area contributed by atoms with Gasteiger partial charge in [0.2, 0.25) is 5.89 Å². The molecule has 0 radical (unpaired) electrons. The first-order valence-corrected chi connectivity index (χ1v) is 7.29. The third-order valence-electron chi connectivity index (χ3n) is 3.67. The summed E-state index contributed by atoms with van der Waals surface area (Å²) in [7, 11) is 0. The van der Waals surface area contributed by atoms with Crippen LogP contribution in [0.4, 0.5) is 4.39 Å². The SMILES string of the molecule is CC1CN(Cc2ncc(-c3ccc(F)cc3)o2)CC(C)N1. The average molecular weight is 289 g/mol. The normalized spacial score (nSPS) is 23.4. The van der Waals surface area contributed by atoms with Gasteiger partial charge in [0.15, 0.2) is 5.76 Å². The molecule has 0 aliphatic carbocycles. The molecular weight excluding hydrogens is 269 g/mol. The van der Waals surface area contributed by atoms with E-state index >= 15 is 0 Å². The molecule has 5 heteroatoms. The van der Waals surface area contributed by atoms with Gasteiger partial charge in [0.05, 0.1) is 12.7 Å². The van der Waals surface area contributed by atoms with Crippen LogP contribution in [0.15, 0.2) is 34.9 Å². The van der Waals surface area contributed by atoms with Gasteiger partial charge in [-0.2, -0.15) is 0 Å². The van der Waals surface area contributed by atoms with Crippen LogP contribution >= 0.6 is 0 Å². The summed E-state index contributed by atoms with van der Waals surface area (Å²) in [6, 6.07) is 7.21. The minimum absolute atomic E-state index is 0.248. The Bertz CT molecular complexity index is 586. The van der Waals surface area contributed by atoms with Crippen LogP contribution < -0.4 is 5.32 Å². The minimum Gasteiger partial charge on any atom is -0.439 e. The number of benzene rings is 1. The van der Waals surface area contributed by atoms with E-state index in [4.69, 9.17) is 4.42 Å². The Labute approximate surface area is 124 Å². The molecule has 4 nitrogen and oxygen atoms in total. The van der Waals surface area contributed by atoms with Crippen LogP contribution in [-0.4, -0.2) is 35.1 Å². The van der Waals surface area contributed by atoms with Gasteiger partial charge in [-0.3, -0.25) is 4.90 Å². The quantitative estimate of drug-likeness (QED) is 0.943. The maximum atomic E-state index is 12.9. The third kappa shape index (κ3) is 3.49. The molecule has 2 unspecified atom stereocenters. The summed E-state index contributed by atoms with van der Waals surface area (Å²) in [6.45, 7) is 7.04. The number of halogens is 1. The van der Waals surface area contributed by atoms with Crippen molar-refractivity contribution in [1.82, 2.24) is 15.2 Å². The summed E-state index contributed by atoms with van der Waals surface area (Å²) < 4.78 is 18.7. The van der Waals surface area contributed by atoms with Gasteiger partial charge < -0.3 is 9.73 Å². The number of piperazine rings is 1. The summed E-state index contributed by atoms with van der Waals surface area (Å²) in [5.74, 6) is 1.14. The molecule has 1 aromatic heterocycles. The van der Waals surface area contributed by atoms with Crippen LogP contribution in [0.5, 0.6) is 0 Å². The molecule has 0 spiro atoms. The van der Waals surface area contributed by atoms with Crippen molar-refractivity contribution in [3.8, 4) is 11.3 Å². The zero-order valence-electron chi connectivity index (χ0n) is 12.3. The van der Waals surface area contributed by atoms with Crippen LogP contribution in [-0.2, 0) is 6.54 Å². The van der Waals surface area contributed by atoms with Crippen LogP contribution in [0.3, 0.4) is 0 Å². The summed E-state index contributed by atoms with van der Waals surface area (Å²) in [5.41, 5.74) is 0.845. The Kier molecular flexibility index (Phi) is 4.03. The summed E-state index contributed by atoms with van der Waals surface area (Å²) in [5, 5.41) is 3.50. The van der Waals surface area contributed by atoms with Crippen LogP contribution in [0, 0.1) is 5.82 Å². The molecule has 1 aromatic carbocycles. The zero-order chi connectivity index (χ0) is 14.8. The van der Waals surface area contributed by atoms with E-state index in [0.29, 0.717) is 30.3 Å². The van der Waals surface area contributed by atoms with Crippen molar-refractivity contribution >= 4 is 0 Å². The monoisotopic (exact) mass is 289 g/mol. The first kappa shape index (κ1) is 14.2. The van der Waals surface area contributed by atoms with Crippen molar-refractivity contribution in [2.24, 2.45) is 0 Å². The smallest absolute Gasteiger partial charge is 0.209 e. The van der Waals surface area contributed by atoms with Crippen molar-refractivity contribution in [2.45, 2.75) is 32.5 Å². The van der Waals surface area contributed by atoms with Gasteiger partial charge in [-0.15, -0.1) is 0 Å². The Morgan fingerprint density at radius 3 is 2.57 bits per heavy atom. The van der Waals surface area contributed by atoms with E-state index in [1.807, 2.05) is 0 Å². The van der Waals surface area contributed by atoms with Gasteiger partial charge in [-0.1, -0.05) is 0 Å². The molecular formula is C16H20FN3O. The molecule has 2 aromatic rings. The molecule has 112 valence electrons. The van der Waals surface area contributed by atoms with Gasteiger partial charge in [0.1, 0.15) is 5.82 Å². The number of hydrogen-bond donors (Lipinski definition) is 1. The van der Waals surface area contributed by atoms with Gasteiger partial charge in [0.25, 0.3) is 0 Å². The molecule has 1 fully saturated rings. The molecule has 1 aliphatic rings. The van der Waals surface area contributed by atoms with Gasteiger partial charge in [-0.05, 0) is 38.1 Å². The van der Waals surface area contributed by atoms with Gasteiger partial charge >= 0.3 is 0 Å². The highest BCUT2D eigenvalue weighted by Gasteiger charge is 2.22. The number of aromatic nitrogens is 1. The van der Waals surface area contributed by atoms with Crippen molar-refractivity contribution in [3.05, 3.63) is 42.2 Å². The predicted molar refractivity (Wildman–Crippen MR) is 79.2 cm³/mol. The lowest BCUT2D eigenvalue weighted by Gasteiger charge is -2.35. The summed E-state index contributed by atoms with van der Waals surface area (Å²) in [4.78, 5) is 6.68. The van der Waals surface area contributed by atoms with Crippen molar-refractivity contribution in [1.29, 1.82) is 0 Å². The number of nitrogens with one attached hydrogen (secondary N) is 1. The van der Waals surface area contributed by atoms with Crippen molar-refractivity contribution in [3.63, 3.8) is 0 Å². The summed E-state index contributed by atoms with van der Waals surface area (Å²) in [6.07, 6.45) is 1.71. The Balaban J connectivity index is 1.69. The highest BCUT2D eigenvalue weighted by Crippen LogP contribution is 2.21. The average Bonchev–Trinajstić information content (AvgIpc) is 2.87. The lowest BCUT2D eigenvalue weighted by Crippen LogP contribution is -2.53. The highest BCUT2D eigenvalue weighted by molar-refractivity contribution is 5.55. The standard InChI is InChI=1S/C16H20FN3O/c1-11-8-20(9-12(2)19-11)10-16-18-7-15(21-16)13-3-5-14(17)6-4-13/h3-7,11-12,19H,8-10H2,1-2H3. The lowest BCUT2D eigenvalue weighted by molar-refractivity contribution is 0.154. The predicted octanol–water partition coefficient (Wildman–Crippen LogP) is 2.66. The molecule has 2 atom stereocenters. The second kappa shape index (κ2) is 5.95. The lowest BCUT2D eigenvalue weighted by atomic mass is 10.1. The van der Waals surface area contributed by atoms with Crippen LogP contribution in [0.2, 0.25) is 0 Å². The highest BCUT2D eigenvalue weighted by atomic mass is 19.1. The van der Waals surface area contributed by atoms with E-state index in [2.05, 4.69) is 29.0 Å². The van der Waals surface area contributed by atoms with E-state index < -0.39 is 0 Å². The number of hydrogen-bond acceptors (Lipinski definition) is 4. The second-order valence-corrected chi connectivity index (χ2v) is 5.79. The molecule has 0 amide bonds. The Morgan fingerprint density at radius 2 is 1.90 bits per heavy atom. The van der Waals surface area contributed by atoms with Crippen molar-refractivity contribution < 1.29 is 8.81 Å². The zero-order valence-corrected chi connectivity index (χ0v) is 12.3. The third-order valence-corrected chi connectivity index (χ3v) is 3.67. The van der Waals surface area contributed by atoms with Crippen LogP contribution in [0.25, 0.3) is 11.3 Å². The minimum atomic E-state index is -0.248. The molecule has 21 heavy (non-hydrogen) atoms. The van der Waals surface area contributed by atoms with E-state index in [0.717, 1.165) is 18.7 Å². The maximum absolute atomic E-state index is 12.9. The van der Waals surface area contributed by atoms with E-state index in [1.54, 1.807) is 18.3 Å². The van der Waals surface area contributed by atoms with E-state index in [1.165, 1.54) is 12.1 Å². The number of oxazole rings is 1. The van der Waals surface area contributed by atoms with Gasteiger partial charge in [0, 0.05) is 30.7 Å². The maximum Gasteiger partial charge on any atom is 0.209 e. The number of rotatable bonds is 3. The fraction of sp³-hybridized carbons (Fsp3) is 0.438. The molecule has 1 saturated heterocycles. The molecule has 3 rings (SSSR count). The second-order valence-electron chi connectivity index (χ2n) is 5.79. The van der Waals surface area contributed by atoms with E-state index in [9.17, 15) is 4.39 Å². The van der Waals surface area contributed by atoms with E-state index in [-0.39, 0.29) is 5.82 Å². The molecule has 0 saturated carbocycles. The fourth-order valence-corrected chi connectivity index (χ4v) is 2.89. The molecule has 1 aliphatic heterocycles. The molecule has 2 heterocycles. The van der Waals surface area contributed by atoms with Gasteiger partial charge in [-0.25, -0.2) is 9.37 Å². The number of nitrogens with zero attached hydrogens (tertiary/aromatic N) is 2. The first-order chi connectivity index (χ1) is 10.1.